The van der Waals surface area contributed by atoms with E-state index in [0.29, 0.717) is 24.1 Å². The Hall–Kier alpha value is -3.71. The first kappa shape index (κ1) is 25.4. The van der Waals surface area contributed by atoms with E-state index < -0.39 is 23.5 Å². The molecule has 194 valence electrons. The number of amides is 2. The fourth-order valence-electron chi connectivity index (χ4n) is 4.43. The molecule has 2 aromatic heterocycles. The summed E-state index contributed by atoms with van der Waals surface area (Å²) in [6.07, 6.45) is -0.618. The van der Waals surface area contributed by atoms with E-state index in [-0.39, 0.29) is 63.1 Å². The van der Waals surface area contributed by atoms with E-state index in [1.807, 2.05) is 0 Å². The molecule has 0 aromatic carbocycles. The maximum absolute atomic E-state index is 12.9. The smallest absolute Gasteiger partial charge is 0.347 e. The number of piperazine rings is 1. The molecule has 2 aromatic rings. The van der Waals surface area contributed by atoms with Crippen molar-refractivity contribution in [3.05, 3.63) is 50.1 Å². The summed E-state index contributed by atoms with van der Waals surface area (Å²) in [4.78, 5) is 61.9. The van der Waals surface area contributed by atoms with Crippen LogP contribution in [0.2, 0.25) is 0 Å². The second-order valence-electron chi connectivity index (χ2n) is 8.68. The van der Waals surface area contributed by atoms with Crippen molar-refractivity contribution in [1.29, 1.82) is 0 Å². The molecule has 0 unspecified atom stereocenters. The molecule has 36 heavy (non-hydrogen) atoms. The molecule has 2 N–H and O–H groups in total. The van der Waals surface area contributed by atoms with Gasteiger partial charge in [-0.25, -0.2) is 14.8 Å². The number of H-pyrrole nitrogens is 1. The predicted molar refractivity (Wildman–Crippen MR) is 121 cm³/mol. The van der Waals surface area contributed by atoms with Gasteiger partial charge in [0.2, 0.25) is 17.8 Å². The van der Waals surface area contributed by atoms with E-state index in [4.69, 9.17) is 0 Å². The number of aromatic amines is 1. The number of nitrogens with zero attached hydrogens (tertiary/aromatic N) is 5. The topological polar surface area (TPSA) is 133 Å². The van der Waals surface area contributed by atoms with E-state index in [0.717, 1.165) is 25.1 Å². The fourth-order valence-corrected chi connectivity index (χ4v) is 4.43. The standard InChI is InChI=1S/C22H26F3N7O4/c23-22(24,25)16-5-7-26-20(28-16)31-11-9-30(10-12-31)18(34)13-27-17(33)6-8-32-15-4-2-1-3-14(15)19(35)29-21(32)36/h5,7H,1-4,6,8-13H2,(H,27,33)(H,29,35,36). The minimum absolute atomic E-state index is 0.0354. The summed E-state index contributed by atoms with van der Waals surface area (Å²) in [7, 11) is 0. The van der Waals surface area contributed by atoms with Crippen LogP contribution in [0.15, 0.2) is 21.9 Å². The molecule has 1 saturated heterocycles. The van der Waals surface area contributed by atoms with Crippen LogP contribution in [0.1, 0.15) is 36.2 Å². The lowest BCUT2D eigenvalue weighted by Gasteiger charge is -2.34. The third-order valence-corrected chi connectivity index (χ3v) is 6.35. The van der Waals surface area contributed by atoms with Crippen molar-refractivity contribution >= 4 is 17.8 Å². The molecule has 4 rings (SSSR count). The van der Waals surface area contributed by atoms with Crippen LogP contribution in [0.4, 0.5) is 19.1 Å². The first-order chi connectivity index (χ1) is 17.1. The molecular weight excluding hydrogens is 483 g/mol. The summed E-state index contributed by atoms with van der Waals surface area (Å²) >= 11 is 0. The van der Waals surface area contributed by atoms with Gasteiger partial charge in [-0.1, -0.05) is 0 Å². The Bertz CT molecular complexity index is 1250. The number of fused-ring (bicyclic) bond motifs is 1. The molecule has 0 spiro atoms. The van der Waals surface area contributed by atoms with Crippen LogP contribution in [0, 0.1) is 0 Å². The van der Waals surface area contributed by atoms with Crippen LogP contribution in [0.5, 0.6) is 0 Å². The van der Waals surface area contributed by atoms with Gasteiger partial charge in [0.1, 0.15) is 5.69 Å². The molecule has 1 fully saturated rings. The van der Waals surface area contributed by atoms with Gasteiger partial charge in [0.05, 0.1) is 6.54 Å². The van der Waals surface area contributed by atoms with Gasteiger partial charge in [0.25, 0.3) is 5.56 Å². The summed E-state index contributed by atoms with van der Waals surface area (Å²) < 4.78 is 40.1. The minimum atomic E-state index is -4.57. The van der Waals surface area contributed by atoms with E-state index in [2.05, 4.69) is 20.3 Å². The number of aromatic nitrogens is 4. The second-order valence-corrected chi connectivity index (χ2v) is 8.68. The molecule has 0 bridgehead atoms. The molecular formula is C22H26F3N7O4. The highest BCUT2D eigenvalue weighted by atomic mass is 19.4. The normalized spacial score (nSPS) is 16.0. The second kappa shape index (κ2) is 10.5. The molecule has 0 atom stereocenters. The quantitative estimate of drug-likeness (QED) is 0.564. The predicted octanol–water partition coefficient (Wildman–Crippen LogP) is 0.0793. The summed E-state index contributed by atoms with van der Waals surface area (Å²) in [5.74, 6) is -0.793. The molecule has 11 nitrogen and oxygen atoms in total. The van der Waals surface area contributed by atoms with Crippen LogP contribution >= 0.6 is 0 Å². The zero-order valence-corrected chi connectivity index (χ0v) is 19.4. The van der Waals surface area contributed by atoms with Crippen molar-refractivity contribution < 1.29 is 22.8 Å². The van der Waals surface area contributed by atoms with Crippen molar-refractivity contribution in [2.24, 2.45) is 0 Å². The SMILES string of the molecule is O=C(CCn1c2c(c(=O)[nH]c1=O)CCCC2)NCC(=O)N1CCN(c2nccc(C(F)(F)F)n2)CC1. The average molecular weight is 509 g/mol. The lowest BCUT2D eigenvalue weighted by Crippen LogP contribution is -2.51. The molecule has 0 radical (unpaired) electrons. The van der Waals surface area contributed by atoms with Gasteiger partial charge in [-0.05, 0) is 31.7 Å². The summed E-state index contributed by atoms with van der Waals surface area (Å²) in [6, 6.07) is 0.800. The van der Waals surface area contributed by atoms with Crippen molar-refractivity contribution in [2.75, 3.05) is 37.6 Å². The van der Waals surface area contributed by atoms with Gasteiger partial charge < -0.3 is 15.1 Å². The van der Waals surface area contributed by atoms with Crippen molar-refractivity contribution in [3.8, 4) is 0 Å². The van der Waals surface area contributed by atoms with Crippen molar-refractivity contribution in [3.63, 3.8) is 0 Å². The highest BCUT2D eigenvalue weighted by Crippen LogP contribution is 2.28. The Morgan fingerprint density at radius 2 is 1.81 bits per heavy atom. The van der Waals surface area contributed by atoms with E-state index in [1.54, 1.807) is 4.90 Å². The Kier molecular flexibility index (Phi) is 7.40. The molecule has 2 amide bonds. The minimum Gasteiger partial charge on any atom is -0.347 e. The number of hydrogen-bond donors (Lipinski definition) is 2. The molecule has 1 aliphatic heterocycles. The largest absolute Gasteiger partial charge is 0.433 e. The number of carbonyl (C=O) groups is 2. The number of alkyl halides is 3. The number of carbonyl (C=O) groups excluding carboxylic acids is 2. The van der Waals surface area contributed by atoms with E-state index in [9.17, 15) is 32.3 Å². The number of hydrogen-bond acceptors (Lipinski definition) is 7. The zero-order valence-electron chi connectivity index (χ0n) is 19.4. The van der Waals surface area contributed by atoms with Crippen LogP contribution in [-0.4, -0.2) is 69.0 Å². The van der Waals surface area contributed by atoms with Gasteiger partial charge in [-0.15, -0.1) is 0 Å². The van der Waals surface area contributed by atoms with Crippen LogP contribution in [0.25, 0.3) is 0 Å². The van der Waals surface area contributed by atoms with Gasteiger partial charge >= 0.3 is 11.9 Å². The lowest BCUT2D eigenvalue weighted by atomic mass is 9.97. The molecule has 14 heteroatoms. The number of halogens is 3. The maximum Gasteiger partial charge on any atom is 0.433 e. The van der Waals surface area contributed by atoms with E-state index in [1.165, 1.54) is 9.47 Å². The molecule has 0 saturated carbocycles. The zero-order chi connectivity index (χ0) is 25.9. The summed E-state index contributed by atoms with van der Waals surface area (Å²) in [6.45, 7) is 0.841. The van der Waals surface area contributed by atoms with Gasteiger partial charge in [0.15, 0.2) is 0 Å². The van der Waals surface area contributed by atoms with Crippen molar-refractivity contribution in [1.82, 2.24) is 29.7 Å². The summed E-state index contributed by atoms with van der Waals surface area (Å²) in [5, 5.41) is 2.55. The first-order valence-electron chi connectivity index (χ1n) is 11.7. The van der Waals surface area contributed by atoms with E-state index >= 15 is 0 Å². The number of nitrogens with one attached hydrogen (secondary N) is 2. The third-order valence-electron chi connectivity index (χ3n) is 6.35. The third kappa shape index (κ3) is 5.74. The Labute approximate surface area is 203 Å². The molecule has 2 aliphatic rings. The first-order valence-corrected chi connectivity index (χ1v) is 11.7. The Morgan fingerprint density at radius 3 is 2.53 bits per heavy atom. The van der Waals surface area contributed by atoms with Crippen LogP contribution in [0.3, 0.4) is 0 Å². The number of anilines is 1. The maximum atomic E-state index is 12.9. The monoisotopic (exact) mass is 509 g/mol. The summed E-state index contributed by atoms with van der Waals surface area (Å²) in [5.41, 5.74) is -0.696. The van der Waals surface area contributed by atoms with Gasteiger partial charge in [0, 0.05) is 56.6 Å². The average Bonchev–Trinajstić information content (AvgIpc) is 2.87. The number of rotatable bonds is 6. The van der Waals surface area contributed by atoms with Gasteiger partial charge in [-0.3, -0.25) is 23.9 Å². The molecule has 3 heterocycles. The van der Waals surface area contributed by atoms with Crippen LogP contribution < -0.4 is 21.5 Å². The Balaban J connectivity index is 1.25. The Morgan fingerprint density at radius 1 is 1.08 bits per heavy atom. The highest BCUT2D eigenvalue weighted by Gasteiger charge is 2.33. The highest BCUT2D eigenvalue weighted by molar-refractivity contribution is 5.84. The fraction of sp³-hybridized carbons (Fsp3) is 0.545. The lowest BCUT2D eigenvalue weighted by molar-refractivity contribution is -0.141. The molecule has 1 aliphatic carbocycles. The van der Waals surface area contributed by atoms with Crippen LogP contribution in [-0.2, 0) is 35.2 Å². The van der Waals surface area contributed by atoms with Crippen molar-refractivity contribution in [2.45, 2.75) is 44.8 Å². The van der Waals surface area contributed by atoms with Gasteiger partial charge in [-0.2, -0.15) is 13.2 Å².